The van der Waals surface area contributed by atoms with Crippen LogP contribution in [0.25, 0.3) is 0 Å². The average Bonchev–Trinajstić information content (AvgIpc) is 2.29. The summed E-state index contributed by atoms with van der Waals surface area (Å²) in [5.41, 5.74) is 6.90. The fourth-order valence-electron chi connectivity index (χ4n) is 1.20. The normalized spacial score (nSPS) is 9.00. The van der Waals surface area contributed by atoms with Gasteiger partial charge in [-0.1, -0.05) is 24.0 Å². The second-order valence-electron chi connectivity index (χ2n) is 3.53. The molecule has 0 aliphatic rings. The Morgan fingerprint density at radius 2 is 2.06 bits per heavy atom. The standard InChI is InChI=1S/C13H15N3O/c1-10(17)16-9-3-2-4-11-5-7-12(8-6-11)13(14)15/h5-8H,3,9H2,1H3,(H3,14,15)(H,16,17). The molecule has 1 aromatic carbocycles. The molecular formula is C13H15N3O. The number of nitrogen functional groups attached to an aromatic ring is 1. The van der Waals surface area contributed by atoms with E-state index in [0.29, 0.717) is 18.5 Å². The summed E-state index contributed by atoms with van der Waals surface area (Å²) in [6.07, 6.45) is 0.619. The summed E-state index contributed by atoms with van der Waals surface area (Å²) in [6.45, 7) is 2.04. The zero-order valence-electron chi connectivity index (χ0n) is 9.71. The van der Waals surface area contributed by atoms with Crippen LogP contribution >= 0.6 is 0 Å². The van der Waals surface area contributed by atoms with Crippen LogP contribution in [0.3, 0.4) is 0 Å². The number of nitrogens with two attached hydrogens (primary N) is 1. The van der Waals surface area contributed by atoms with Crippen LogP contribution in [0.15, 0.2) is 24.3 Å². The van der Waals surface area contributed by atoms with Crippen LogP contribution in [-0.4, -0.2) is 18.3 Å². The van der Waals surface area contributed by atoms with E-state index in [1.165, 1.54) is 6.92 Å². The summed E-state index contributed by atoms with van der Waals surface area (Å²) in [6, 6.07) is 7.17. The summed E-state index contributed by atoms with van der Waals surface area (Å²) in [5.74, 6) is 5.94. The highest BCUT2D eigenvalue weighted by Crippen LogP contribution is 2.02. The Bertz CT molecular complexity index is 466. The number of carbonyl (C=O) groups is 1. The number of nitrogens with one attached hydrogen (secondary N) is 2. The zero-order chi connectivity index (χ0) is 12.7. The number of amidine groups is 1. The number of hydrogen-bond donors (Lipinski definition) is 3. The molecule has 0 fully saturated rings. The molecule has 88 valence electrons. The fraction of sp³-hybridized carbons (Fsp3) is 0.231. The van der Waals surface area contributed by atoms with Gasteiger partial charge in [0.15, 0.2) is 0 Å². The highest BCUT2D eigenvalue weighted by molar-refractivity contribution is 5.94. The molecule has 4 N–H and O–H groups in total. The largest absolute Gasteiger partial charge is 0.384 e. The molecule has 1 amide bonds. The van der Waals surface area contributed by atoms with E-state index in [1.54, 1.807) is 12.1 Å². The molecule has 0 radical (unpaired) electrons. The summed E-state index contributed by atoms with van der Waals surface area (Å²) in [5, 5.41) is 9.91. The smallest absolute Gasteiger partial charge is 0.216 e. The van der Waals surface area contributed by atoms with Gasteiger partial charge in [-0.15, -0.1) is 0 Å². The second-order valence-corrected chi connectivity index (χ2v) is 3.53. The molecule has 0 unspecified atom stereocenters. The summed E-state index contributed by atoms with van der Waals surface area (Å²) < 4.78 is 0. The average molecular weight is 229 g/mol. The SMILES string of the molecule is CC(=O)NCCC#Cc1ccc(C(=N)N)cc1. The van der Waals surface area contributed by atoms with Crippen molar-refractivity contribution in [1.29, 1.82) is 5.41 Å². The van der Waals surface area contributed by atoms with E-state index in [2.05, 4.69) is 17.2 Å². The van der Waals surface area contributed by atoms with Crippen molar-refractivity contribution >= 4 is 11.7 Å². The third kappa shape index (κ3) is 4.85. The molecule has 1 aromatic rings. The van der Waals surface area contributed by atoms with Gasteiger partial charge in [0.2, 0.25) is 5.91 Å². The number of hydrogen-bond acceptors (Lipinski definition) is 2. The Kier molecular flexibility index (Phi) is 4.77. The third-order valence-electron chi connectivity index (χ3n) is 2.05. The Hall–Kier alpha value is -2.28. The van der Waals surface area contributed by atoms with Gasteiger partial charge in [0.05, 0.1) is 0 Å². The lowest BCUT2D eigenvalue weighted by Gasteiger charge is -1.97. The van der Waals surface area contributed by atoms with Gasteiger partial charge < -0.3 is 11.1 Å². The van der Waals surface area contributed by atoms with Gasteiger partial charge >= 0.3 is 0 Å². The van der Waals surface area contributed by atoms with Crippen molar-refractivity contribution in [2.24, 2.45) is 5.73 Å². The third-order valence-corrected chi connectivity index (χ3v) is 2.05. The van der Waals surface area contributed by atoms with E-state index in [0.717, 1.165) is 5.56 Å². The molecule has 4 heteroatoms. The Morgan fingerprint density at radius 1 is 1.41 bits per heavy atom. The first-order chi connectivity index (χ1) is 8.09. The second kappa shape index (κ2) is 6.33. The van der Waals surface area contributed by atoms with Crippen molar-refractivity contribution < 1.29 is 4.79 Å². The van der Waals surface area contributed by atoms with Crippen LogP contribution in [0.5, 0.6) is 0 Å². The topological polar surface area (TPSA) is 79.0 Å². The maximum absolute atomic E-state index is 10.6. The highest BCUT2D eigenvalue weighted by Gasteiger charge is 1.94. The molecule has 0 bridgehead atoms. The van der Waals surface area contributed by atoms with Crippen LogP contribution in [0.4, 0.5) is 0 Å². The van der Waals surface area contributed by atoms with Crippen LogP contribution in [0.2, 0.25) is 0 Å². The van der Waals surface area contributed by atoms with Crippen molar-refractivity contribution in [3.05, 3.63) is 35.4 Å². The van der Waals surface area contributed by atoms with Gasteiger partial charge in [0.1, 0.15) is 5.84 Å². The minimum Gasteiger partial charge on any atom is -0.384 e. The van der Waals surface area contributed by atoms with Gasteiger partial charge in [-0.25, -0.2) is 0 Å². The number of rotatable bonds is 3. The predicted molar refractivity (Wildman–Crippen MR) is 67.6 cm³/mol. The minimum absolute atomic E-state index is 0.0439. The molecule has 17 heavy (non-hydrogen) atoms. The zero-order valence-corrected chi connectivity index (χ0v) is 9.71. The molecule has 0 saturated heterocycles. The Balaban J connectivity index is 2.49. The van der Waals surface area contributed by atoms with E-state index in [-0.39, 0.29) is 11.7 Å². The van der Waals surface area contributed by atoms with Gasteiger partial charge in [-0.05, 0) is 12.1 Å². The summed E-state index contributed by atoms with van der Waals surface area (Å²) >= 11 is 0. The molecule has 0 aromatic heterocycles. The molecule has 0 atom stereocenters. The quantitative estimate of drug-likeness (QED) is 0.311. The predicted octanol–water partition coefficient (Wildman–Crippen LogP) is 0.848. The van der Waals surface area contributed by atoms with Crippen molar-refractivity contribution in [2.45, 2.75) is 13.3 Å². The maximum Gasteiger partial charge on any atom is 0.216 e. The first kappa shape index (κ1) is 12.8. The Morgan fingerprint density at radius 3 is 2.59 bits per heavy atom. The molecule has 0 aliphatic carbocycles. The Labute approximate surface area is 101 Å². The lowest BCUT2D eigenvalue weighted by atomic mass is 10.1. The molecule has 0 saturated carbocycles. The molecule has 4 nitrogen and oxygen atoms in total. The summed E-state index contributed by atoms with van der Waals surface area (Å²) in [7, 11) is 0. The van der Waals surface area contributed by atoms with E-state index >= 15 is 0 Å². The van der Waals surface area contributed by atoms with Gasteiger partial charge in [0, 0.05) is 31.0 Å². The first-order valence-corrected chi connectivity index (χ1v) is 5.27. The van der Waals surface area contributed by atoms with Crippen molar-refractivity contribution in [2.75, 3.05) is 6.54 Å². The molecule has 0 aliphatic heterocycles. The van der Waals surface area contributed by atoms with Crippen molar-refractivity contribution in [3.8, 4) is 11.8 Å². The van der Waals surface area contributed by atoms with E-state index in [9.17, 15) is 4.79 Å². The fourth-order valence-corrected chi connectivity index (χ4v) is 1.20. The highest BCUT2D eigenvalue weighted by atomic mass is 16.1. The molecule has 0 heterocycles. The number of carbonyl (C=O) groups excluding carboxylic acids is 1. The molecular weight excluding hydrogens is 214 g/mol. The van der Waals surface area contributed by atoms with E-state index in [1.807, 2.05) is 12.1 Å². The number of benzene rings is 1. The first-order valence-electron chi connectivity index (χ1n) is 5.27. The maximum atomic E-state index is 10.6. The van der Waals surface area contributed by atoms with E-state index in [4.69, 9.17) is 11.1 Å². The molecule has 0 spiro atoms. The van der Waals surface area contributed by atoms with Crippen LogP contribution in [-0.2, 0) is 4.79 Å². The lowest BCUT2D eigenvalue weighted by molar-refractivity contribution is -0.118. The van der Waals surface area contributed by atoms with Crippen molar-refractivity contribution in [1.82, 2.24) is 5.32 Å². The number of amides is 1. The molecule has 1 rings (SSSR count). The van der Waals surface area contributed by atoms with Gasteiger partial charge in [-0.2, -0.15) is 0 Å². The lowest BCUT2D eigenvalue weighted by Crippen LogP contribution is -2.20. The van der Waals surface area contributed by atoms with E-state index < -0.39 is 0 Å². The van der Waals surface area contributed by atoms with Crippen LogP contribution in [0, 0.1) is 17.3 Å². The van der Waals surface area contributed by atoms with Crippen LogP contribution < -0.4 is 11.1 Å². The van der Waals surface area contributed by atoms with Crippen molar-refractivity contribution in [3.63, 3.8) is 0 Å². The van der Waals surface area contributed by atoms with Gasteiger partial charge in [0.25, 0.3) is 0 Å². The minimum atomic E-state index is -0.0439. The summed E-state index contributed by atoms with van der Waals surface area (Å²) in [4.78, 5) is 10.6. The van der Waals surface area contributed by atoms with Crippen LogP contribution in [0.1, 0.15) is 24.5 Å². The van der Waals surface area contributed by atoms with Gasteiger partial charge in [-0.3, -0.25) is 10.2 Å². The monoisotopic (exact) mass is 229 g/mol.